The van der Waals surface area contributed by atoms with Crippen molar-refractivity contribution < 1.29 is 0 Å². The van der Waals surface area contributed by atoms with E-state index in [2.05, 4.69) is 229 Å². The minimum absolute atomic E-state index is 0. The zero-order valence-corrected chi connectivity index (χ0v) is 48.7. The van der Waals surface area contributed by atoms with E-state index in [0.717, 1.165) is 36.0 Å². The molecule has 0 aliphatic heterocycles. The highest BCUT2D eigenvalue weighted by Crippen LogP contribution is 2.50. The zero-order chi connectivity index (χ0) is 51.3. The monoisotopic (exact) mass is 959 g/mol. The van der Waals surface area contributed by atoms with Crippen molar-refractivity contribution in [1.82, 2.24) is 0 Å². The van der Waals surface area contributed by atoms with E-state index >= 15 is 0 Å². The van der Waals surface area contributed by atoms with E-state index in [1.165, 1.54) is 134 Å². The van der Waals surface area contributed by atoms with Gasteiger partial charge in [-0.25, -0.2) is 0 Å². The molecule has 0 nitrogen and oxygen atoms in total. The molecule has 0 amide bonds. The number of hydrogen-bond donors (Lipinski definition) is 0. The van der Waals surface area contributed by atoms with Gasteiger partial charge in [-0.3, -0.25) is 0 Å². The van der Waals surface area contributed by atoms with Crippen LogP contribution >= 0.6 is 0 Å². The molecule has 0 heterocycles. The van der Waals surface area contributed by atoms with E-state index in [4.69, 9.17) is 0 Å². The van der Waals surface area contributed by atoms with E-state index < -0.39 is 0 Å². The lowest BCUT2D eigenvalue weighted by Crippen LogP contribution is -2.34. The smallest absolute Gasteiger partial charge is 0.00258 e. The second-order valence-electron chi connectivity index (χ2n) is 26.0. The first kappa shape index (κ1) is 66.9. The summed E-state index contributed by atoms with van der Waals surface area (Å²) in [5, 5.41) is 0. The van der Waals surface area contributed by atoms with Crippen LogP contribution in [-0.4, -0.2) is 0 Å². The maximum Gasteiger partial charge on any atom is -0.00258 e. The Labute approximate surface area is 439 Å². The van der Waals surface area contributed by atoms with Crippen LogP contribution in [0.1, 0.15) is 259 Å². The average Bonchev–Trinajstić information content (AvgIpc) is 3.25. The Morgan fingerprint density at radius 2 is 0.857 bits per heavy atom. The van der Waals surface area contributed by atoms with E-state index in [1.807, 2.05) is 0 Å². The molecular formula is C70H118. The normalized spacial score (nSPS) is 22.5. The summed E-state index contributed by atoms with van der Waals surface area (Å²) in [5.74, 6) is 5.16. The van der Waals surface area contributed by atoms with Gasteiger partial charge in [0.05, 0.1) is 0 Å². The Morgan fingerprint density at radius 3 is 1.19 bits per heavy atom. The van der Waals surface area contributed by atoms with Gasteiger partial charge in [-0.1, -0.05) is 291 Å². The van der Waals surface area contributed by atoms with E-state index in [1.54, 1.807) is 6.42 Å². The molecule has 3 fully saturated rings. The third-order valence-corrected chi connectivity index (χ3v) is 15.3. The molecule has 0 saturated heterocycles. The van der Waals surface area contributed by atoms with Gasteiger partial charge in [0.2, 0.25) is 0 Å². The molecule has 4 aromatic carbocycles. The van der Waals surface area contributed by atoms with Crippen LogP contribution in [0.5, 0.6) is 0 Å². The van der Waals surface area contributed by atoms with Gasteiger partial charge in [0.1, 0.15) is 0 Å². The maximum absolute atomic E-state index is 2.46. The molecule has 4 aromatic rings. The molecule has 0 spiro atoms. The highest BCUT2D eigenvalue weighted by atomic mass is 14.4. The van der Waals surface area contributed by atoms with Gasteiger partial charge in [0.15, 0.2) is 0 Å². The highest BCUT2D eigenvalue weighted by molar-refractivity contribution is 5.33. The quantitative estimate of drug-likeness (QED) is 0.187. The number of hydrogen-bond acceptors (Lipinski definition) is 0. The standard InChI is InChI=1S/C15H28.C15H16.C14H22.C12H24.C9H12.C3H8.2CH4/c2*1-12-3-7-14(8-4-12)11-15-9-5-13(2)6-10-15;1-13(2,3)11-8-7-9-12(10-11)14(4,5)6;1-6-12(5)8-10(2)7-11(3,4)9-12;1-7-4-5-8(2)9(3)6-7;1-3-2;;/h12-15H,3-11H2,1-2H3;3-10H,11H2,1-2H3;7-10H,1-6H3;10H,6-9H2,1-5H3;4-6H,1-3H3;3H2,1-2H3;2*1H4. The summed E-state index contributed by atoms with van der Waals surface area (Å²) in [4.78, 5) is 0. The second-order valence-corrected chi connectivity index (χ2v) is 26.0. The molecule has 0 radical (unpaired) electrons. The molecule has 70 heavy (non-hydrogen) atoms. The van der Waals surface area contributed by atoms with Gasteiger partial charge in [-0.2, -0.15) is 0 Å². The summed E-state index contributed by atoms with van der Waals surface area (Å²) in [7, 11) is 0. The van der Waals surface area contributed by atoms with E-state index in [0.29, 0.717) is 10.8 Å². The van der Waals surface area contributed by atoms with Crippen LogP contribution in [0.25, 0.3) is 0 Å². The molecule has 7 rings (SSSR count). The van der Waals surface area contributed by atoms with Crippen LogP contribution < -0.4 is 0 Å². The summed E-state index contributed by atoms with van der Waals surface area (Å²) < 4.78 is 0. The van der Waals surface area contributed by atoms with Crippen molar-refractivity contribution in [1.29, 1.82) is 0 Å². The van der Waals surface area contributed by atoms with Crippen LogP contribution in [0, 0.1) is 75.0 Å². The van der Waals surface area contributed by atoms with Crippen molar-refractivity contribution in [3.05, 3.63) is 141 Å². The summed E-state index contributed by atoms with van der Waals surface area (Å²) >= 11 is 0. The van der Waals surface area contributed by atoms with Crippen LogP contribution in [0.3, 0.4) is 0 Å². The third kappa shape index (κ3) is 27.1. The van der Waals surface area contributed by atoms with Crippen molar-refractivity contribution in [3.8, 4) is 0 Å². The van der Waals surface area contributed by atoms with Crippen LogP contribution in [0.4, 0.5) is 0 Å². The first-order valence-corrected chi connectivity index (χ1v) is 27.9. The Kier molecular flexibility index (Phi) is 30.7. The Bertz CT molecular complexity index is 1830. The third-order valence-electron chi connectivity index (χ3n) is 15.3. The molecule has 0 heteroatoms. The summed E-state index contributed by atoms with van der Waals surface area (Å²) in [6, 6.07) is 32.9. The van der Waals surface area contributed by atoms with Gasteiger partial charge >= 0.3 is 0 Å². The molecule has 3 saturated carbocycles. The molecule has 0 N–H and O–H groups in total. The fraction of sp³-hybridized carbons (Fsp3) is 0.657. The predicted octanol–water partition coefficient (Wildman–Crippen LogP) is 22.8. The molecule has 398 valence electrons. The fourth-order valence-corrected chi connectivity index (χ4v) is 11.0. The Hall–Kier alpha value is -3.12. The van der Waals surface area contributed by atoms with Crippen molar-refractivity contribution in [2.75, 3.05) is 0 Å². The van der Waals surface area contributed by atoms with E-state index in [9.17, 15) is 0 Å². The first-order chi connectivity index (χ1) is 31.7. The van der Waals surface area contributed by atoms with E-state index in [-0.39, 0.29) is 25.7 Å². The van der Waals surface area contributed by atoms with Gasteiger partial charge in [-0.05, 0) is 151 Å². The van der Waals surface area contributed by atoms with Crippen molar-refractivity contribution in [2.45, 2.75) is 260 Å². The zero-order valence-electron chi connectivity index (χ0n) is 48.7. The molecule has 0 bridgehead atoms. The molecule has 2 atom stereocenters. The molecular weight excluding hydrogens is 841 g/mol. The lowest BCUT2D eigenvalue weighted by molar-refractivity contribution is 0.0581. The molecule has 3 aliphatic rings. The second kappa shape index (κ2) is 32.1. The average molecular weight is 960 g/mol. The van der Waals surface area contributed by atoms with Crippen LogP contribution in [0.2, 0.25) is 0 Å². The molecule has 2 unspecified atom stereocenters. The first-order valence-electron chi connectivity index (χ1n) is 27.9. The Balaban J connectivity index is 0.000000839. The molecule has 3 aliphatic carbocycles. The fourth-order valence-electron chi connectivity index (χ4n) is 11.0. The lowest BCUT2D eigenvalue weighted by atomic mass is 9.60. The minimum atomic E-state index is 0. The van der Waals surface area contributed by atoms with Crippen molar-refractivity contribution in [3.63, 3.8) is 0 Å². The van der Waals surface area contributed by atoms with Crippen molar-refractivity contribution in [2.24, 2.45) is 40.4 Å². The van der Waals surface area contributed by atoms with Crippen LogP contribution in [-0.2, 0) is 17.3 Å². The van der Waals surface area contributed by atoms with Crippen LogP contribution in [0.15, 0.2) is 91.0 Å². The lowest BCUT2D eigenvalue weighted by Gasteiger charge is -2.45. The number of aryl methyl sites for hydroxylation is 5. The van der Waals surface area contributed by atoms with Gasteiger partial charge < -0.3 is 0 Å². The minimum Gasteiger partial charge on any atom is -0.0776 e. The predicted molar refractivity (Wildman–Crippen MR) is 321 cm³/mol. The summed E-state index contributed by atoms with van der Waals surface area (Å²) in [6.45, 7) is 45.4. The van der Waals surface area contributed by atoms with Crippen molar-refractivity contribution >= 4 is 0 Å². The largest absolute Gasteiger partial charge is 0.0776 e. The maximum atomic E-state index is 2.46. The van der Waals surface area contributed by atoms with Gasteiger partial charge in [0.25, 0.3) is 0 Å². The Morgan fingerprint density at radius 1 is 0.471 bits per heavy atom. The number of benzene rings is 4. The van der Waals surface area contributed by atoms with Gasteiger partial charge in [0, 0.05) is 0 Å². The number of rotatable bonds is 5. The topological polar surface area (TPSA) is 0 Å². The molecule has 0 aromatic heterocycles. The highest BCUT2D eigenvalue weighted by Gasteiger charge is 2.38. The SMILES string of the molecule is C.C.CC(C)(C)c1cccc(C(C)(C)C)c1.CC1CCC(CC2CCC(C)CC2)CC1.CCC.CCC1(C)CC(C)CC(C)(C)C1.Cc1ccc(C)c(C)c1.Cc1ccc(Cc2ccc(C)cc2)cc1. The van der Waals surface area contributed by atoms with Gasteiger partial charge in [-0.15, -0.1) is 0 Å². The summed E-state index contributed by atoms with van der Waals surface area (Å²) in [6.07, 6.45) is 21.6. The summed E-state index contributed by atoms with van der Waals surface area (Å²) in [5.41, 5.74) is 14.1.